The molecule has 21 heavy (non-hydrogen) atoms. The number of nitro groups is 1. The highest BCUT2D eigenvalue weighted by molar-refractivity contribution is 5.93. The number of carboxylic acid groups (broad SMARTS) is 1. The highest BCUT2D eigenvalue weighted by Gasteiger charge is 2.20. The van der Waals surface area contributed by atoms with E-state index < -0.39 is 16.6 Å². The third-order valence-electron chi connectivity index (χ3n) is 3.07. The van der Waals surface area contributed by atoms with Crippen LogP contribution in [-0.4, -0.2) is 21.2 Å². The van der Waals surface area contributed by atoms with Gasteiger partial charge in [0, 0.05) is 23.9 Å². The average molecular weight is 291 g/mol. The zero-order chi connectivity index (χ0) is 15.6. The number of nitro benzene ring substituents is 1. The Morgan fingerprint density at radius 3 is 2.71 bits per heavy atom. The molecule has 0 fully saturated rings. The standard InChI is InChI=1S/C13H13N3O5/c1-7-11(8(2)21-15-7)6-14-9-3-4-12(16(19)20)10(5-9)13(17)18/h3-5,14H,6H2,1-2H3,(H,17,18). The molecule has 8 nitrogen and oxygen atoms in total. The van der Waals surface area contributed by atoms with E-state index in [0.717, 1.165) is 11.3 Å². The number of hydrogen-bond donors (Lipinski definition) is 2. The number of aromatic carboxylic acids is 1. The van der Waals surface area contributed by atoms with Crippen LogP contribution in [0.5, 0.6) is 0 Å². The number of aromatic nitrogens is 1. The molecule has 1 aromatic carbocycles. The smallest absolute Gasteiger partial charge is 0.342 e. The number of rotatable bonds is 5. The lowest BCUT2D eigenvalue weighted by Crippen LogP contribution is -2.06. The maximum Gasteiger partial charge on any atom is 0.342 e. The summed E-state index contributed by atoms with van der Waals surface area (Å²) in [5.74, 6) is -0.678. The average Bonchev–Trinajstić information content (AvgIpc) is 2.75. The number of nitrogens with one attached hydrogen (secondary N) is 1. The van der Waals surface area contributed by atoms with Gasteiger partial charge < -0.3 is 14.9 Å². The summed E-state index contributed by atoms with van der Waals surface area (Å²) in [7, 11) is 0. The number of aryl methyl sites for hydroxylation is 2. The van der Waals surface area contributed by atoms with Crippen LogP contribution in [-0.2, 0) is 6.54 Å². The van der Waals surface area contributed by atoms with Gasteiger partial charge in [0.2, 0.25) is 0 Å². The van der Waals surface area contributed by atoms with Crippen LogP contribution in [0.25, 0.3) is 0 Å². The summed E-state index contributed by atoms with van der Waals surface area (Å²) in [5, 5.41) is 26.6. The van der Waals surface area contributed by atoms with E-state index >= 15 is 0 Å². The van der Waals surface area contributed by atoms with Gasteiger partial charge in [-0.05, 0) is 26.0 Å². The monoisotopic (exact) mass is 291 g/mol. The predicted molar refractivity (Wildman–Crippen MR) is 73.4 cm³/mol. The molecule has 1 heterocycles. The number of hydrogen-bond acceptors (Lipinski definition) is 6. The zero-order valence-corrected chi connectivity index (χ0v) is 11.4. The van der Waals surface area contributed by atoms with E-state index in [2.05, 4.69) is 10.5 Å². The lowest BCUT2D eigenvalue weighted by atomic mass is 10.1. The van der Waals surface area contributed by atoms with E-state index in [4.69, 9.17) is 9.63 Å². The van der Waals surface area contributed by atoms with Crippen LogP contribution in [0.3, 0.4) is 0 Å². The maximum atomic E-state index is 11.1. The lowest BCUT2D eigenvalue weighted by molar-refractivity contribution is -0.385. The number of carboxylic acids is 1. The molecule has 0 aliphatic carbocycles. The number of anilines is 1. The second kappa shape index (κ2) is 5.61. The summed E-state index contributed by atoms with van der Waals surface area (Å²) >= 11 is 0. The SMILES string of the molecule is Cc1noc(C)c1CNc1ccc([N+](=O)[O-])c(C(=O)O)c1. The highest BCUT2D eigenvalue weighted by atomic mass is 16.6. The summed E-state index contributed by atoms with van der Waals surface area (Å²) in [6.45, 7) is 3.96. The van der Waals surface area contributed by atoms with Crippen molar-refractivity contribution in [3.05, 3.63) is 50.9 Å². The lowest BCUT2D eigenvalue weighted by Gasteiger charge is -2.07. The number of nitrogens with zero attached hydrogens (tertiary/aromatic N) is 2. The first kappa shape index (κ1) is 14.5. The molecule has 0 atom stereocenters. The highest BCUT2D eigenvalue weighted by Crippen LogP contribution is 2.23. The first-order valence-electron chi connectivity index (χ1n) is 6.07. The molecule has 0 aliphatic rings. The molecular weight excluding hydrogens is 278 g/mol. The topological polar surface area (TPSA) is 119 Å². The minimum atomic E-state index is -1.34. The van der Waals surface area contributed by atoms with E-state index in [9.17, 15) is 14.9 Å². The van der Waals surface area contributed by atoms with E-state index in [1.54, 1.807) is 13.8 Å². The second-order valence-electron chi connectivity index (χ2n) is 4.45. The van der Waals surface area contributed by atoms with Crippen molar-refractivity contribution in [3.8, 4) is 0 Å². The van der Waals surface area contributed by atoms with Crippen molar-refractivity contribution in [1.29, 1.82) is 0 Å². The van der Waals surface area contributed by atoms with Crippen LogP contribution in [0.2, 0.25) is 0 Å². The number of benzene rings is 1. The van der Waals surface area contributed by atoms with Gasteiger partial charge in [0.05, 0.1) is 10.6 Å². The van der Waals surface area contributed by atoms with Crippen molar-refractivity contribution < 1.29 is 19.3 Å². The first-order chi connectivity index (χ1) is 9.90. The van der Waals surface area contributed by atoms with Crippen molar-refractivity contribution in [3.63, 3.8) is 0 Å². The van der Waals surface area contributed by atoms with Crippen molar-refractivity contribution in [2.45, 2.75) is 20.4 Å². The minimum absolute atomic E-state index is 0.358. The molecule has 0 amide bonds. The Kier molecular flexibility index (Phi) is 3.88. The van der Waals surface area contributed by atoms with E-state index in [1.807, 2.05) is 0 Å². The second-order valence-corrected chi connectivity index (χ2v) is 4.45. The van der Waals surface area contributed by atoms with Gasteiger partial charge >= 0.3 is 5.97 Å². The summed E-state index contributed by atoms with van der Waals surface area (Å²) in [6, 6.07) is 3.86. The third-order valence-corrected chi connectivity index (χ3v) is 3.07. The van der Waals surface area contributed by atoms with Gasteiger partial charge in [-0.1, -0.05) is 5.16 Å². The van der Waals surface area contributed by atoms with Crippen LogP contribution in [0.15, 0.2) is 22.7 Å². The predicted octanol–water partition coefficient (Wildman–Crippen LogP) is 2.51. The summed E-state index contributed by atoms with van der Waals surface area (Å²) < 4.78 is 5.02. The zero-order valence-electron chi connectivity index (χ0n) is 11.4. The Morgan fingerprint density at radius 1 is 1.48 bits per heavy atom. The quantitative estimate of drug-likeness (QED) is 0.641. The van der Waals surface area contributed by atoms with Crippen LogP contribution in [0.4, 0.5) is 11.4 Å². The van der Waals surface area contributed by atoms with Crippen molar-refractivity contribution in [2.24, 2.45) is 0 Å². The Hall–Kier alpha value is -2.90. The van der Waals surface area contributed by atoms with Gasteiger partial charge in [-0.3, -0.25) is 10.1 Å². The van der Waals surface area contributed by atoms with Crippen molar-refractivity contribution in [1.82, 2.24) is 5.16 Å². The van der Waals surface area contributed by atoms with Gasteiger partial charge in [-0.15, -0.1) is 0 Å². The van der Waals surface area contributed by atoms with Crippen LogP contribution in [0.1, 0.15) is 27.4 Å². The number of carbonyl (C=O) groups is 1. The Morgan fingerprint density at radius 2 is 2.19 bits per heavy atom. The molecule has 1 aromatic heterocycles. The first-order valence-corrected chi connectivity index (χ1v) is 6.07. The molecule has 0 saturated heterocycles. The van der Waals surface area contributed by atoms with E-state index in [-0.39, 0.29) is 5.56 Å². The van der Waals surface area contributed by atoms with Gasteiger partial charge in [-0.2, -0.15) is 0 Å². The molecule has 0 bridgehead atoms. The van der Waals surface area contributed by atoms with Crippen molar-refractivity contribution >= 4 is 17.3 Å². The Labute approximate surface area is 119 Å². The van der Waals surface area contributed by atoms with Gasteiger partial charge in [-0.25, -0.2) is 4.79 Å². The Balaban J connectivity index is 2.24. The van der Waals surface area contributed by atoms with Gasteiger partial charge in [0.25, 0.3) is 5.69 Å². The molecular formula is C13H13N3O5. The van der Waals surface area contributed by atoms with Gasteiger partial charge in [0.15, 0.2) is 0 Å². The summed E-state index contributed by atoms with van der Waals surface area (Å²) in [6.07, 6.45) is 0. The summed E-state index contributed by atoms with van der Waals surface area (Å²) in [4.78, 5) is 21.1. The fourth-order valence-corrected chi connectivity index (χ4v) is 1.92. The molecule has 0 spiro atoms. The van der Waals surface area contributed by atoms with Crippen LogP contribution >= 0.6 is 0 Å². The fraction of sp³-hybridized carbons (Fsp3) is 0.231. The molecule has 110 valence electrons. The van der Waals surface area contributed by atoms with Crippen LogP contribution in [0, 0.1) is 24.0 Å². The minimum Gasteiger partial charge on any atom is -0.477 e. The molecule has 0 aliphatic heterocycles. The normalized spacial score (nSPS) is 10.4. The maximum absolute atomic E-state index is 11.1. The largest absolute Gasteiger partial charge is 0.477 e. The molecule has 0 radical (unpaired) electrons. The molecule has 0 unspecified atom stereocenters. The van der Waals surface area contributed by atoms with E-state index in [1.165, 1.54) is 18.2 Å². The molecule has 2 N–H and O–H groups in total. The van der Waals surface area contributed by atoms with E-state index in [0.29, 0.717) is 18.0 Å². The fourth-order valence-electron chi connectivity index (χ4n) is 1.92. The van der Waals surface area contributed by atoms with Crippen molar-refractivity contribution in [2.75, 3.05) is 5.32 Å². The molecule has 8 heteroatoms. The molecule has 0 saturated carbocycles. The molecule has 2 aromatic rings. The molecule has 2 rings (SSSR count). The summed E-state index contributed by atoms with van der Waals surface area (Å²) in [5.41, 5.74) is 1.28. The Bertz CT molecular complexity index is 688. The van der Waals surface area contributed by atoms with Gasteiger partial charge in [0.1, 0.15) is 11.3 Å². The third kappa shape index (κ3) is 2.99. The van der Waals surface area contributed by atoms with Crippen LogP contribution < -0.4 is 5.32 Å².